The van der Waals surface area contributed by atoms with Crippen LogP contribution in [0.2, 0.25) is 0 Å². The quantitative estimate of drug-likeness (QED) is 0.851. The lowest BCUT2D eigenvalue weighted by Crippen LogP contribution is -2.12. The molecule has 4 heteroatoms. The van der Waals surface area contributed by atoms with E-state index in [0.29, 0.717) is 17.9 Å². The molecule has 0 spiro atoms. The minimum Gasteiger partial charge on any atom is -0.459 e. The zero-order valence-electron chi connectivity index (χ0n) is 12.1. The summed E-state index contributed by atoms with van der Waals surface area (Å²) < 4.78 is 5.16. The normalized spacial score (nSPS) is 9.86. The average Bonchev–Trinajstić information content (AvgIpc) is 2.88. The summed E-state index contributed by atoms with van der Waals surface area (Å²) in [6, 6.07) is 7.26. The Bertz CT molecular complexity index is 704. The predicted octanol–water partition coefficient (Wildman–Crippen LogP) is 2.88. The molecule has 1 amide bonds. The molecule has 2 N–H and O–H groups in total. The highest BCUT2D eigenvalue weighted by Crippen LogP contribution is 2.17. The van der Waals surface area contributed by atoms with Crippen molar-refractivity contribution in [1.82, 2.24) is 0 Å². The van der Waals surface area contributed by atoms with E-state index >= 15 is 0 Å². The molecule has 0 aliphatic carbocycles. The maximum absolute atomic E-state index is 12.0. The van der Waals surface area contributed by atoms with Crippen molar-refractivity contribution in [2.24, 2.45) is 0 Å². The number of hydrogen-bond acceptors (Lipinski definition) is 3. The summed E-state index contributed by atoms with van der Waals surface area (Å²) in [5.41, 5.74) is 3.35. The van der Waals surface area contributed by atoms with E-state index in [0.717, 1.165) is 16.7 Å². The van der Waals surface area contributed by atoms with Crippen LogP contribution in [0.5, 0.6) is 0 Å². The van der Waals surface area contributed by atoms with Gasteiger partial charge in [0.25, 0.3) is 5.91 Å². The van der Waals surface area contributed by atoms with E-state index in [9.17, 15) is 4.79 Å². The van der Waals surface area contributed by atoms with E-state index < -0.39 is 0 Å². The Balaban J connectivity index is 2.12. The van der Waals surface area contributed by atoms with Crippen LogP contribution in [0.15, 0.2) is 34.9 Å². The van der Waals surface area contributed by atoms with Gasteiger partial charge in [0, 0.05) is 23.2 Å². The number of amides is 1. The summed E-state index contributed by atoms with van der Waals surface area (Å²) in [6.07, 6.45) is 1.95. The van der Waals surface area contributed by atoms with Crippen molar-refractivity contribution in [2.75, 3.05) is 11.9 Å². The third-order valence-corrected chi connectivity index (χ3v) is 3.01. The van der Waals surface area contributed by atoms with Crippen LogP contribution in [-0.2, 0) is 0 Å². The van der Waals surface area contributed by atoms with Crippen molar-refractivity contribution in [1.29, 1.82) is 0 Å². The zero-order chi connectivity index (χ0) is 15.2. The molecule has 2 rings (SSSR count). The van der Waals surface area contributed by atoms with Crippen LogP contribution in [0.3, 0.4) is 0 Å². The summed E-state index contributed by atoms with van der Waals surface area (Å²) in [5.74, 6) is 5.92. The highest BCUT2D eigenvalue weighted by Gasteiger charge is 2.12. The van der Waals surface area contributed by atoms with E-state index in [4.69, 9.17) is 9.52 Å². The summed E-state index contributed by atoms with van der Waals surface area (Å²) >= 11 is 0. The maximum Gasteiger partial charge on any atom is 0.291 e. The highest BCUT2D eigenvalue weighted by atomic mass is 16.3. The molecule has 1 aromatic heterocycles. The minimum atomic E-state index is -0.268. The number of nitrogens with one attached hydrogen (secondary N) is 1. The van der Waals surface area contributed by atoms with Crippen molar-refractivity contribution in [3.8, 4) is 11.8 Å². The van der Waals surface area contributed by atoms with Gasteiger partial charge in [-0.15, -0.1) is 0 Å². The molecule has 108 valence electrons. The number of carbonyl (C=O) groups excluding carboxylic acids is 1. The number of anilines is 1. The molecule has 0 fully saturated rings. The van der Waals surface area contributed by atoms with Crippen LogP contribution in [0.25, 0.3) is 0 Å². The summed E-state index contributed by atoms with van der Waals surface area (Å²) in [5, 5.41) is 11.5. The number of furan rings is 1. The summed E-state index contributed by atoms with van der Waals surface area (Å²) in [7, 11) is 0. The first-order valence-corrected chi connectivity index (χ1v) is 6.67. The van der Waals surface area contributed by atoms with Crippen molar-refractivity contribution in [3.05, 3.63) is 53.0 Å². The van der Waals surface area contributed by atoms with Crippen LogP contribution in [-0.4, -0.2) is 17.6 Å². The lowest BCUT2D eigenvalue weighted by atomic mass is 10.1. The summed E-state index contributed by atoms with van der Waals surface area (Å²) in [6.45, 7) is 3.81. The fourth-order valence-electron chi connectivity index (χ4n) is 1.89. The third-order valence-electron chi connectivity index (χ3n) is 3.01. The molecule has 0 saturated carbocycles. The van der Waals surface area contributed by atoms with Gasteiger partial charge in [-0.2, -0.15) is 0 Å². The maximum atomic E-state index is 12.0. The molecule has 0 atom stereocenters. The number of benzene rings is 1. The Labute approximate surface area is 123 Å². The summed E-state index contributed by atoms with van der Waals surface area (Å²) in [4.78, 5) is 12.0. The number of carbonyl (C=O) groups is 1. The Morgan fingerprint density at radius 3 is 2.71 bits per heavy atom. The molecule has 0 saturated heterocycles. The first-order chi connectivity index (χ1) is 10.1. The Hall–Kier alpha value is -2.51. The second-order valence-corrected chi connectivity index (χ2v) is 4.69. The van der Waals surface area contributed by atoms with Gasteiger partial charge in [-0.1, -0.05) is 11.8 Å². The van der Waals surface area contributed by atoms with Crippen LogP contribution in [0.4, 0.5) is 5.69 Å². The minimum absolute atomic E-state index is 0.0582. The number of aliphatic hydroxyl groups excluding tert-OH is 1. The number of aliphatic hydroxyl groups is 1. The first kappa shape index (κ1) is 14.9. The lowest BCUT2D eigenvalue weighted by Gasteiger charge is -2.06. The van der Waals surface area contributed by atoms with E-state index in [1.165, 1.54) is 6.26 Å². The third kappa shape index (κ3) is 3.74. The van der Waals surface area contributed by atoms with E-state index in [-0.39, 0.29) is 12.5 Å². The Morgan fingerprint density at radius 1 is 1.29 bits per heavy atom. The van der Waals surface area contributed by atoms with Crippen molar-refractivity contribution in [3.63, 3.8) is 0 Å². The molecule has 1 heterocycles. The van der Waals surface area contributed by atoms with Gasteiger partial charge in [0.2, 0.25) is 0 Å². The SMILES string of the molecule is Cc1cc(NC(=O)c2occc2C)ccc1C#CCCO. The van der Waals surface area contributed by atoms with Crippen molar-refractivity contribution in [2.45, 2.75) is 20.3 Å². The van der Waals surface area contributed by atoms with Crippen LogP contribution >= 0.6 is 0 Å². The van der Waals surface area contributed by atoms with Gasteiger partial charge in [0.15, 0.2) is 5.76 Å². The van der Waals surface area contributed by atoms with Crippen molar-refractivity contribution >= 4 is 11.6 Å². The van der Waals surface area contributed by atoms with Crippen LogP contribution in [0.1, 0.15) is 33.7 Å². The van der Waals surface area contributed by atoms with Gasteiger partial charge in [0.05, 0.1) is 12.9 Å². The van der Waals surface area contributed by atoms with E-state index in [2.05, 4.69) is 17.2 Å². The highest BCUT2D eigenvalue weighted by molar-refractivity contribution is 6.03. The zero-order valence-corrected chi connectivity index (χ0v) is 12.1. The van der Waals surface area contributed by atoms with Crippen LogP contribution < -0.4 is 5.32 Å². The lowest BCUT2D eigenvalue weighted by molar-refractivity contribution is 0.0996. The number of rotatable bonds is 3. The van der Waals surface area contributed by atoms with Gasteiger partial charge in [0.1, 0.15) is 0 Å². The second kappa shape index (κ2) is 6.78. The molecule has 0 aliphatic rings. The van der Waals surface area contributed by atoms with Gasteiger partial charge in [-0.3, -0.25) is 4.79 Å². The van der Waals surface area contributed by atoms with Gasteiger partial charge in [-0.05, 0) is 43.7 Å². The van der Waals surface area contributed by atoms with E-state index in [1.54, 1.807) is 12.1 Å². The Morgan fingerprint density at radius 2 is 2.10 bits per heavy atom. The first-order valence-electron chi connectivity index (χ1n) is 6.67. The van der Waals surface area contributed by atoms with Gasteiger partial charge < -0.3 is 14.8 Å². The molecule has 2 aromatic rings. The monoisotopic (exact) mass is 283 g/mol. The van der Waals surface area contributed by atoms with Crippen molar-refractivity contribution < 1.29 is 14.3 Å². The molecule has 0 aliphatic heterocycles. The molecule has 0 radical (unpaired) electrons. The number of aryl methyl sites for hydroxylation is 2. The molecule has 1 aromatic carbocycles. The second-order valence-electron chi connectivity index (χ2n) is 4.69. The molecular weight excluding hydrogens is 266 g/mol. The Kier molecular flexibility index (Phi) is 4.81. The predicted molar refractivity (Wildman–Crippen MR) is 81.2 cm³/mol. The largest absolute Gasteiger partial charge is 0.459 e. The van der Waals surface area contributed by atoms with Gasteiger partial charge in [-0.25, -0.2) is 0 Å². The smallest absolute Gasteiger partial charge is 0.291 e. The average molecular weight is 283 g/mol. The van der Waals surface area contributed by atoms with E-state index in [1.807, 2.05) is 26.0 Å². The fraction of sp³-hybridized carbons (Fsp3) is 0.235. The van der Waals surface area contributed by atoms with Gasteiger partial charge >= 0.3 is 0 Å². The standard InChI is InChI=1S/C17H17NO3/c1-12-8-10-21-16(12)17(20)18-15-7-6-14(13(2)11-15)5-3-4-9-19/h6-8,10-11,19H,4,9H2,1-2H3,(H,18,20). The molecule has 0 bridgehead atoms. The molecule has 4 nitrogen and oxygen atoms in total. The number of hydrogen-bond donors (Lipinski definition) is 2. The fourth-order valence-corrected chi connectivity index (χ4v) is 1.89. The molecule has 21 heavy (non-hydrogen) atoms. The van der Waals surface area contributed by atoms with Crippen LogP contribution in [0, 0.1) is 25.7 Å². The topological polar surface area (TPSA) is 62.5 Å². The molecular formula is C17H17NO3. The molecule has 0 unspecified atom stereocenters.